The number of nitrogens with zero attached hydrogens (tertiary/aromatic N) is 1. The lowest BCUT2D eigenvalue weighted by atomic mass is 10.1. The fourth-order valence-corrected chi connectivity index (χ4v) is 1.23. The van der Waals surface area contributed by atoms with Crippen molar-refractivity contribution in [3.63, 3.8) is 0 Å². The van der Waals surface area contributed by atoms with Gasteiger partial charge in [0.15, 0.2) is 5.69 Å². The molecule has 0 aliphatic carbocycles. The molecule has 0 bridgehead atoms. The summed E-state index contributed by atoms with van der Waals surface area (Å²) in [7, 11) is 0. The average molecular weight is 255 g/mol. The standard InChI is InChI=1S/C9H6F5NO2/c1-3-2-4(8(16)17)6(9(12,13)14)15-5(3)7(10)11/h2,7H,1H3,(H,16,17). The van der Waals surface area contributed by atoms with Crippen molar-refractivity contribution >= 4 is 5.97 Å². The van der Waals surface area contributed by atoms with Crippen LogP contribution in [0, 0.1) is 6.92 Å². The van der Waals surface area contributed by atoms with Crippen molar-refractivity contribution < 1.29 is 31.9 Å². The van der Waals surface area contributed by atoms with Gasteiger partial charge in [-0.3, -0.25) is 0 Å². The van der Waals surface area contributed by atoms with Gasteiger partial charge in [0, 0.05) is 0 Å². The van der Waals surface area contributed by atoms with E-state index in [2.05, 4.69) is 4.98 Å². The fourth-order valence-electron chi connectivity index (χ4n) is 1.23. The van der Waals surface area contributed by atoms with Crippen LogP contribution in [0.5, 0.6) is 0 Å². The molecular formula is C9H6F5NO2. The summed E-state index contributed by atoms with van der Waals surface area (Å²) >= 11 is 0. The summed E-state index contributed by atoms with van der Waals surface area (Å²) in [5.74, 6) is -1.87. The van der Waals surface area contributed by atoms with Gasteiger partial charge in [-0.25, -0.2) is 18.6 Å². The van der Waals surface area contributed by atoms with Crippen molar-refractivity contribution in [2.75, 3.05) is 0 Å². The molecular weight excluding hydrogens is 249 g/mol. The molecule has 0 aliphatic rings. The Morgan fingerprint density at radius 1 is 1.41 bits per heavy atom. The SMILES string of the molecule is Cc1cc(C(=O)O)c(C(F)(F)F)nc1C(F)F. The monoisotopic (exact) mass is 255 g/mol. The first-order chi connectivity index (χ1) is 7.64. The number of alkyl halides is 5. The van der Waals surface area contributed by atoms with Crippen LogP contribution in [0.25, 0.3) is 0 Å². The number of aromatic carboxylic acids is 1. The Kier molecular flexibility index (Phi) is 3.35. The van der Waals surface area contributed by atoms with Crippen LogP contribution < -0.4 is 0 Å². The van der Waals surface area contributed by atoms with E-state index < -0.39 is 35.5 Å². The van der Waals surface area contributed by atoms with Gasteiger partial charge in [-0.15, -0.1) is 0 Å². The summed E-state index contributed by atoms with van der Waals surface area (Å²) < 4.78 is 61.9. The predicted molar refractivity (Wildman–Crippen MR) is 45.9 cm³/mol. The van der Waals surface area contributed by atoms with Gasteiger partial charge < -0.3 is 5.11 Å². The van der Waals surface area contributed by atoms with Crippen molar-refractivity contribution in [2.45, 2.75) is 19.5 Å². The van der Waals surface area contributed by atoms with E-state index in [4.69, 9.17) is 5.11 Å². The zero-order valence-electron chi connectivity index (χ0n) is 8.35. The maximum Gasteiger partial charge on any atom is 0.434 e. The minimum absolute atomic E-state index is 0.301. The molecule has 0 aromatic carbocycles. The Morgan fingerprint density at radius 3 is 2.29 bits per heavy atom. The highest BCUT2D eigenvalue weighted by atomic mass is 19.4. The van der Waals surface area contributed by atoms with Gasteiger partial charge in [0.2, 0.25) is 0 Å². The number of hydrogen-bond acceptors (Lipinski definition) is 2. The van der Waals surface area contributed by atoms with Crippen molar-refractivity contribution in [1.29, 1.82) is 0 Å². The number of carboxylic acid groups (broad SMARTS) is 1. The third-order valence-corrected chi connectivity index (χ3v) is 1.96. The molecule has 0 radical (unpaired) electrons. The molecule has 0 aliphatic heterocycles. The van der Waals surface area contributed by atoms with Crippen molar-refractivity contribution in [3.8, 4) is 0 Å². The maximum absolute atomic E-state index is 12.4. The molecule has 0 spiro atoms. The Morgan fingerprint density at radius 2 is 1.94 bits per heavy atom. The summed E-state index contributed by atoms with van der Waals surface area (Å²) in [4.78, 5) is 13.3. The van der Waals surface area contributed by atoms with E-state index in [-0.39, 0.29) is 5.56 Å². The number of pyridine rings is 1. The van der Waals surface area contributed by atoms with Crippen LogP contribution in [0.1, 0.15) is 33.7 Å². The number of hydrogen-bond donors (Lipinski definition) is 1. The third kappa shape index (κ3) is 2.69. The molecule has 0 saturated carbocycles. The van der Waals surface area contributed by atoms with Crippen LogP contribution in [0.3, 0.4) is 0 Å². The smallest absolute Gasteiger partial charge is 0.434 e. The number of carboxylic acids is 1. The van der Waals surface area contributed by atoms with E-state index in [0.717, 1.165) is 6.92 Å². The van der Waals surface area contributed by atoms with Gasteiger partial charge >= 0.3 is 12.1 Å². The van der Waals surface area contributed by atoms with Crippen LogP contribution in [-0.4, -0.2) is 16.1 Å². The topological polar surface area (TPSA) is 50.2 Å². The Hall–Kier alpha value is -1.73. The molecule has 1 rings (SSSR count). The van der Waals surface area contributed by atoms with Crippen LogP contribution >= 0.6 is 0 Å². The van der Waals surface area contributed by atoms with E-state index in [9.17, 15) is 26.7 Å². The number of halogens is 5. The summed E-state index contributed by atoms with van der Waals surface area (Å²) in [6.45, 7) is 1.07. The normalized spacial score (nSPS) is 11.9. The molecule has 8 heteroatoms. The Balaban J connectivity index is 3.54. The predicted octanol–water partition coefficient (Wildman–Crippen LogP) is 3.04. The maximum atomic E-state index is 12.4. The molecule has 0 amide bonds. The lowest BCUT2D eigenvalue weighted by Gasteiger charge is -2.12. The number of aromatic nitrogens is 1. The second kappa shape index (κ2) is 4.27. The third-order valence-electron chi connectivity index (χ3n) is 1.96. The molecule has 1 aromatic rings. The minimum Gasteiger partial charge on any atom is -0.478 e. The fraction of sp³-hybridized carbons (Fsp3) is 0.333. The molecule has 0 unspecified atom stereocenters. The highest BCUT2D eigenvalue weighted by molar-refractivity contribution is 5.89. The van der Waals surface area contributed by atoms with Gasteiger partial charge in [-0.2, -0.15) is 13.2 Å². The zero-order valence-corrected chi connectivity index (χ0v) is 8.35. The summed E-state index contributed by atoms with van der Waals surface area (Å²) in [6, 6.07) is 0.541. The Labute approximate surface area is 91.9 Å². The molecule has 1 heterocycles. The van der Waals surface area contributed by atoms with Gasteiger partial charge in [0.05, 0.1) is 5.56 Å². The molecule has 1 aromatic heterocycles. The molecule has 94 valence electrons. The van der Waals surface area contributed by atoms with Crippen LogP contribution in [0.4, 0.5) is 22.0 Å². The summed E-state index contributed by atoms with van der Waals surface area (Å²) in [5.41, 5.74) is -4.32. The van der Waals surface area contributed by atoms with Gasteiger partial charge in [0.1, 0.15) is 5.69 Å². The van der Waals surface area contributed by atoms with Crippen LogP contribution in [0.15, 0.2) is 6.07 Å². The average Bonchev–Trinajstić information content (AvgIpc) is 2.14. The van der Waals surface area contributed by atoms with Crippen LogP contribution in [-0.2, 0) is 6.18 Å². The minimum atomic E-state index is -5.09. The number of rotatable bonds is 2. The molecule has 0 fully saturated rings. The lowest BCUT2D eigenvalue weighted by Crippen LogP contribution is -2.17. The highest BCUT2D eigenvalue weighted by Crippen LogP contribution is 2.33. The first-order valence-electron chi connectivity index (χ1n) is 4.24. The van der Waals surface area contributed by atoms with Gasteiger partial charge in [-0.1, -0.05) is 0 Å². The Bertz CT molecular complexity index is 455. The van der Waals surface area contributed by atoms with E-state index in [1.165, 1.54) is 0 Å². The largest absolute Gasteiger partial charge is 0.478 e. The molecule has 3 nitrogen and oxygen atoms in total. The van der Waals surface area contributed by atoms with E-state index in [1.807, 2.05) is 0 Å². The summed E-state index contributed by atoms with van der Waals surface area (Å²) in [6.07, 6.45) is -8.29. The second-order valence-corrected chi connectivity index (χ2v) is 3.19. The summed E-state index contributed by atoms with van der Waals surface area (Å²) in [5, 5.41) is 8.56. The molecule has 0 saturated heterocycles. The van der Waals surface area contributed by atoms with Crippen LogP contribution in [0.2, 0.25) is 0 Å². The quantitative estimate of drug-likeness (QED) is 0.826. The number of aryl methyl sites for hydroxylation is 1. The highest BCUT2D eigenvalue weighted by Gasteiger charge is 2.38. The second-order valence-electron chi connectivity index (χ2n) is 3.19. The van der Waals surface area contributed by atoms with E-state index >= 15 is 0 Å². The first kappa shape index (κ1) is 13.3. The molecule has 17 heavy (non-hydrogen) atoms. The van der Waals surface area contributed by atoms with Gasteiger partial charge in [-0.05, 0) is 18.6 Å². The van der Waals surface area contributed by atoms with Gasteiger partial charge in [0.25, 0.3) is 6.43 Å². The zero-order chi connectivity index (χ0) is 13.4. The van der Waals surface area contributed by atoms with Crippen molar-refractivity contribution in [1.82, 2.24) is 4.98 Å². The van der Waals surface area contributed by atoms with Crippen molar-refractivity contribution in [2.24, 2.45) is 0 Å². The van der Waals surface area contributed by atoms with E-state index in [1.54, 1.807) is 0 Å². The molecule has 0 atom stereocenters. The van der Waals surface area contributed by atoms with Crippen molar-refractivity contribution in [3.05, 3.63) is 28.6 Å². The number of carbonyl (C=O) groups is 1. The first-order valence-corrected chi connectivity index (χ1v) is 4.24. The van der Waals surface area contributed by atoms with E-state index in [0.29, 0.717) is 6.07 Å². The molecule has 1 N–H and O–H groups in total. The lowest BCUT2D eigenvalue weighted by molar-refractivity contribution is -0.142.